The van der Waals surface area contributed by atoms with Crippen LogP contribution in [-0.2, 0) is 30.1 Å². The number of nitrogens with zero attached hydrogens (tertiary/aromatic N) is 2. The lowest BCUT2D eigenvalue weighted by atomic mass is 9.85. The number of thiazole rings is 1. The highest BCUT2D eigenvalue weighted by atomic mass is 32.1. The van der Waals surface area contributed by atoms with E-state index in [1.54, 1.807) is 16.2 Å². The Labute approximate surface area is 305 Å². The average Bonchev–Trinajstić information content (AvgIpc) is 3.66. The van der Waals surface area contributed by atoms with E-state index in [0.717, 1.165) is 53.8 Å². The van der Waals surface area contributed by atoms with Crippen molar-refractivity contribution in [3.05, 3.63) is 41.0 Å². The molecular formula is C38H62N4O6SSi. The van der Waals surface area contributed by atoms with E-state index in [4.69, 9.17) is 14.3 Å². The molecule has 280 valence electrons. The fourth-order valence-corrected chi connectivity index (χ4v) is 7.96. The molecule has 1 saturated heterocycles. The lowest BCUT2D eigenvalue weighted by molar-refractivity contribution is -0.144. The summed E-state index contributed by atoms with van der Waals surface area (Å²) in [6, 6.07) is 6.54. The van der Waals surface area contributed by atoms with Gasteiger partial charge in [-0.15, -0.1) is 11.3 Å². The van der Waals surface area contributed by atoms with Crippen molar-refractivity contribution in [1.29, 1.82) is 0 Å². The number of ether oxygens (including phenoxy) is 1. The summed E-state index contributed by atoms with van der Waals surface area (Å²) >= 11 is 1.60. The van der Waals surface area contributed by atoms with Crippen molar-refractivity contribution >= 4 is 37.4 Å². The first-order valence-corrected chi connectivity index (χ1v) is 22.0. The van der Waals surface area contributed by atoms with Gasteiger partial charge in [0.25, 0.3) is 0 Å². The molecule has 1 aliphatic rings. The highest BCUT2D eigenvalue weighted by molar-refractivity contribution is 7.13. The second kappa shape index (κ2) is 18.7. The number of nitrogens with one attached hydrogen (secondary N) is 2. The number of carbonyl (C=O) groups excluding carboxylic acids is 3. The summed E-state index contributed by atoms with van der Waals surface area (Å²) in [6.45, 7) is 20.4. The lowest BCUT2D eigenvalue weighted by Crippen LogP contribution is -2.57. The Hall–Kier alpha value is -2.64. The quantitative estimate of drug-likeness (QED) is 0.116. The zero-order valence-corrected chi connectivity index (χ0v) is 33.7. The fourth-order valence-electron chi connectivity index (χ4n) is 5.79. The number of hydrogen-bond donors (Lipinski definition) is 3. The van der Waals surface area contributed by atoms with Gasteiger partial charge >= 0.3 is 0 Å². The van der Waals surface area contributed by atoms with Gasteiger partial charge in [0.05, 0.1) is 28.8 Å². The molecule has 0 bridgehead atoms. The van der Waals surface area contributed by atoms with E-state index >= 15 is 0 Å². The molecule has 3 atom stereocenters. The molecule has 3 rings (SSSR count). The van der Waals surface area contributed by atoms with Crippen molar-refractivity contribution in [2.45, 2.75) is 136 Å². The molecule has 0 saturated carbocycles. The van der Waals surface area contributed by atoms with Crippen LogP contribution < -0.4 is 10.6 Å². The zero-order chi connectivity index (χ0) is 37.1. The van der Waals surface area contributed by atoms with Gasteiger partial charge in [0, 0.05) is 39.1 Å². The van der Waals surface area contributed by atoms with Crippen molar-refractivity contribution < 1.29 is 28.7 Å². The Balaban J connectivity index is 1.68. The van der Waals surface area contributed by atoms with E-state index in [9.17, 15) is 14.4 Å². The Morgan fingerprint density at radius 2 is 1.68 bits per heavy atom. The van der Waals surface area contributed by atoms with E-state index in [-0.39, 0.29) is 55.0 Å². The minimum absolute atomic E-state index is 0.0318. The number of carbonyl (C=O) groups is 3. The molecule has 2 aromatic rings. The summed E-state index contributed by atoms with van der Waals surface area (Å²) in [4.78, 5) is 48.4. The highest BCUT2D eigenvalue weighted by Gasteiger charge is 2.48. The molecule has 0 radical (unpaired) electrons. The summed E-state index contributed by atoms with van der Waals surface area (Å²) in [5.74, 6) is -0.765. The Kier molecular flexibility index (Phi) is 15.6. The zero-order valence-electron chi connectivity index (χ0n) is 31.9. The van der Waals surface area contributed by atoms with Gasteiger partial charge in [-0.2, -0.15) is 0 Å². The van der Waals surface area contributed by atoms with Crippen LogP contribution in [0.3, 0.4) is 0 Å². The van der Waals surface area contributed by atoms with E-state index < -0.39 is 25.8 Å². The molecule has 2 heterocycles. The van der Waals surface area contributed by atoms with Gasteiger partial charge in [0.2, 0.25) is 17.7 Å². The number of rotatable bonds is 18. The van der Waals surface area contributed by atoms with Crippen LogP contribution in [-0.4, -0.2) is 85.6 Å². The topological polar surface area (TPSA) is 130 Å². The molecule has 0 aliphatic carbocycles. The molecule has 12 heteroatoms. The largest absolute Gasteiger partial charge is 0.412 e. The minimum atomic E-state index is -2.19. The van der Waals surface area contributed by atoms with Crippen molar-refractivity contribution in [2.24, 2.45) is 5.41 Å². The molecule has 3 N–H and O–H groups in total. The molecular weight excluding hydrogens is 669 g/mol. The minimum Gasteiger partial charge on any atom is -0.412 e. The van der Waals surface area contributed by atoms with Crippen molar-refractivity contribution in [1.82, 2.24) is 20.5 Å². The number of aromatic nitrogens is 1. The molecule has 0 spiro atoms. The fraction of sp³-hybridized carbons (Fsp3) is 0.684. The van der Waals surface area contributed by atoms with Crippen LogP contribution in [0.1, 0.15) is 97.7 Å². The van der Waals surface area contributed by atoms with E-state index in [1.165, 1.54) is 0 Å². The van der Waals surface area contributed by atoms with Crippen LogP contribution in [0.15, 0.2) is 29.8 Å². The van der Waals surface area contributed by atoms with Gasteiger partial charge in [0.1, 0.15) is 12.1 Å². The number of hydrogen-bond acceptors (Lipinski definition) is 8. The van der Waals surface area contributed by atoms with E-state index in [1.807, 2.05) is 57.5 Å². The average molecular weight is 731 g/mol. The van der Waals surface area contributed by atoms with Crippen molar-refractivity contribution in [3.63, 3.8) is 0 Å². The summed E-state index contributed by atoms with van der Waals surface area (Å²) in [7, 11) is -2.19. The third-order valence-corrected chi connectivity index (χ3v) is 15.4. The standard InChI is InChI=1S/C38H62N4O6SSi/c1-27-33(49-26-40-27)29-17-15-28(16-18-29)24-39-35(45)31-23-30(48-50(8,9)38(5,6)7)25-42(31)36(46)34(37(2,3)4)41-32(44)19-22-47-21-14-12-10-11-13-20-43/h15-18,26,30-31,34,43H,10-14,19-25H2,1-9H3,(H,39,45)(H,41,44)/t30-,31+,34?/m1/s1. The third-order valence-electron chi connectivity index (χ3n) is 9.88. The van der Waals surface area contributed by atoms with E-state index in [2.05, 4.69) is 49.5 Å². The first-order valence-electron chi connectivity index (χ1n) is 18.2. The monoisotopic (exact) mass is 730 g/mol. The van der Waals surface area contributed by atoms with Gasteiger partial charge < -0.3 is 29.8 Å². The van der Waals surface area contributed by atoms with Crippen LogP contribution in [0, 0.1) is 12.3 Å². The Morgan fingerprint density at radius 3 is 2.28 bits per heavy atom. The van der Waals surface area contributed by atoms with Crippen LogP contribution in [0.4, 0.5) is 0 Å². The number of aliphatic hydroxyl groups is 1. The van der Waals surface area contributed by atoms with Gasteiger partial charge in [-0.1, -0.05) is 85.1 Å². The number of aliphatic hydroxyl groups excluding tert-OH is 1. The molecule has 50 heavy (non-hydrogen) atoms. The summed E-state index contributed by atoms with van der Waals surface area (Å²) in [5.41, 5.74) is 4.28. The molecule has 1 unspecified atom stereocenters. The number of aryl methyl sites for hydroxylation is 1. The maximum atomic E-state index is 14.4. The van der Waals surface area contributed by atoms with Crippen LogP contribution in [0.25, 0.3) is 10.4 Å². The van der Waals surface area contributed by atoms with Gasteiger partial charge in [-0.25, -0.2) is 4.98 Å². The first kappa shape index (κ1) is 41.8. The predicted molar refractivity (Wildman–Crippen MR) is 203 cm³/mol. The second-order valence-electron chi connectivity index (χ2n) is 16.1. The van der Waals surface area contributed by atoms with Gasteiger partial charge in [-0.05, 0) is 54.4 Å². The normalized spacial score (nSPS) is 17.5. The third kappa shape index (κ3) is 12.2. The molecule has 10 nitrogen and oxygen atoms in total. The van der Waals surface area contributed by atoms with Crippen molar-refractivity contribution in [2.75, 3.05) is 26.4 Å². The molecule has 3 amide bonds. The number of likely N-dealkylation sites (tertiary alicyclic amines) is 1. The van der Waals surface area contributed by atoms with Crippen LogP contribution in [0.5, 0.6) is 0 Å². The Bertz CT molecular complexity index is 1380. The number of unbranched alkanes of at least 4 members (excludes halogenated alkanes) is 4. The van der Waals surface area contributed by atoms with Crippen LogP contribution in [0.2, 0.25) is 18.1 Å². The van der Waals surface area contributed by atoms with Crippen molar-refractivity contribution in [3.8, 4) is 10.4 Å². The Morgan fingerprint density at radius 1 is 1.02 bits per heavy atom. The molecule has 1 fully saturated rings. The number of benzene rings is 1. The van der Waals surface area contributed by atoms with Gasteiger partial charge in [-0.3, -0.25) is 14.4 Å². The smallest absolute Gasteiger partial charge is 0.246 e. The lowest BCUT2D eigenvalue weighted by Gasteiger charge is -2.38. The summed E-state index contributed by atoms with van der Waals surface area (Å²) in [6.07, 6.45) is 5.07. The summed E-state index contributed by atoms with van der Waals surface area (Å²) < 4.78 is 12.4. The predicted octanol–water partition coefficient (Wildman–Crippen LogP) is 6.61. The van der Waals surface area contributed by atoms with E-state index in [0.29, 0.717) is 19.6 Å². The second-order valence-corrected chi connectivity index (χ2v) is 21.8. The SMILES string of the molecule is Cc1ncsc1-c1ccc(CNC(=O)[C@@H]2C[C@@H](O[Si](C)(C)C(C)(C)C)CN2C(=O)C(NC(=O)CCOCCCCCCCO)C(C)(C)C)cc1. The van der Waals surface area contributed by atoms with Gasteiger partial charge in [0.15, 0.2) is 8.32 Å². The summed E-state index contributed by atoms with van der Waals surface area (Å²) in [5, 5.41) is 14.9. The highest BCUT2D eigenvalue weighted by Crippen LogP contribution is 2.39. The maximum Gasteiger partial charge on any atom is 0.246 e. The molecule has 1 aromatic carbocycles. The maximum absolute atomic E-state index is 14.4. The molecule has 1 aromatic heterocycles. The molecule has 1 aliphatic heterocycles. The number of amides is 3. The van der Waals surface area contributed by atoms with Crippen LogP contribution >= 0.6 is 11.3 Å². The first-order chi connectivity index (χ1) is 23.4.